The average molecular weight is 270 g/mol. The Kier molecular flexibility index (Phi) is 4.60. The van der Waals surface area contributed by atoms with Gasteiger partial charge < -0.3 is 14.6 Å². The van der Waals surface area contributed by atoms with Crippen LogP contribution in [0.25, 0.3) is 0 Å². The maximum absolute atomic E-state index is 11.2. The first kappa shape index (κ1) is 13.4. The topological polar surface area (TPSA) is 55.8 Å². The van der Waals surface area contributed by atoms with Gasteiger partial charge in [0.2, 0.25) is 0 Å². The summed E-state index contributed by atoms with van der Waals surface area (Å²) in [7, 11) is 0. The van der Waals surface area contributed by atoms with E-state index in [1.165, 1.54) is 11.3 Å². The number of hydrogen-bond acceptors (Lipinski definition) is 4. The summed E-state index contributed by atoms with van der Waals surface area (Å²) in [5.74, 6) is -0.402. The van der Waals surface area contributed by atoms with Gasteiger partial charge in [-0.2, -0.15) is 0 Å². The molecule has 0 aliphatic carbocycles. The summed E-state index contributed by atoms with van der Waals surface area (Å²) in [6.07, 6.45) is 3.79. The predicted octanol–water partition coefficient (Wildman–Crippen LogP) is 2.96. The number of ether oxygens (including phenoxy) is 2. The number of hydrogen-bond donors (Lipinski definition) is 1. The number of carboxylic acid groups (broad SMARTS) is 1. The van der Waals surface area contributed by atoms with Crippen LogP contribution in [0.2, 0.25) is 0 Å². The molecule has 0 spiro atoms. The molecule has 0 bridgehead atoms. The van der Waals surface area contributed by atoms with Crippen LogP contribution < -0.4 is 4.74 Å². The van der Waals surface area contributed by atoms with E-state index >= 15 is 0 Å². The summed E-state index contributed by atoms with van der Waals surface area (Å²) in [5.41, 5.74) is 0. The number of carbonyl (C=O) groups is 1. The second-order valence-corrected chi connectivity index (χ2v) is 5.55. The van der Waals surface area contributed by atoms with Gasteiger partial charge in [-0.05, 0) is 25.3 Å². The standard InChI is InChI=1S/C13H18O4S/c1-2-4-10-7-11(12(18-10)13(14)15)17-9-5-3-6-16-8-9/h7,9H,2-6,8H2,1H3,(H,14,15). The molecule has 1 aromatic rings. The lowest BCUT2D eigenvalue weighted by atomic mass is 10.2. The van der Waals surface area contributed by atoms with Crippen molar-refractivity contribution in [3.63, 3.8) is 0 Å². The van der Waals surface area contributed by atoms with E-state index in [1.54, 1.807) is 0 Å². The first-order valence-electron chi connectivity index (χ1n) is 6.31. The number of aryl methyl sites for hydroxylation is 1. The normalized spacial score (nSPS) is 19.7. The lowest BCUT2D eigenvalue weighted by molar-refractivity contribution is 0.00703. The van der Waals surface area contributed by atoms with Gasteiger partial charge in [0.05, 0.1) is 6.61 Å². The molecule has 1 aliphatic heterocycles. The minimum atomic E-state index is -0.908. The van der Waals surface area contributed by atoms with E-state index in [1.807, 2.05) is 6.07 Å². The quantitative estimate of drug-likeness (QED) is 0.893. The highest BCUT2D eigenvalue weighted by molar-refractivity contribution is 7.14. The van der Waals surface area contributed by atoms with E-state index in [-0.39, 0.29) is 6.10 Å². The van der Waals surface area contributed by atoms with Crippen molar-refractivity contribution in [1.82, 2.24) is 0 Å². The Hall–Kier alpha value is -1.07. The van der Waals surface area contributed by atoms with Crippen LogP contribution in [0.4, 0.5) is 0 Å². The van der Waals surface area contributed by atoms with Gasteiger partial charge in [0.25, 0.3) is 0 Å². The lowest BCUT2D eigenvalue weighted by Crippen LogP contribution is -2.28. The van der Waals surface area contributed by atoms with Gasteiger partial charge in [0.1, 0.15) is 11.9 Å². The first-order chi connectivity index (χ1) is 8.70. The van der Waals surface area contributed by atoms with Crippen molar-refractivity contribution in [2.75, 3.05) is 13.2 Å². The molecule has 1 atom stereocenters. The molecule has 1 fully saturated rings. The SMILES string of the molecule is CCCc1cc(OC2CCCOC2)c(C(=O)O)s1. The molecular formula is C13H18O4S. The number of carboxylic acids is 1. The Morgan fingerprint density at radius 1 is 1.67 bits per heavy atom. The summed E-state index contributed by atoms with van der Waals surface area (Å²) in [6, 6.07) is 1.87. The minimum absolute atomic E-state index is 0.0130. The zero-order valence-electron chi connectivity index (χ0n) is 10.5. The molecule has 1 N–H and O–H groups in total. The van der Waals surface area contributed by atoms with Crippen molar-refractivity contribution >= 4 is 17.3 Å². The highest BCUT2D eigenvalue weighted by Crippen LogP contribution is 2.32. The van der Waals surface area contributed by atoms with Crippen molar-refractivity contribution in [1.29, 1.82) is 0 Å². The molecule has 0 saturated carbocycles. The second kappa shape index (κ2) is 6.20. The van der Waals surface area contributed by atoms with Crippen molar-refractivity contribution < 1.29 is 19.4 Å². The fraction of sp³-hybridized carbons (Fsp3) is 0.615. The summed E-state index contributed by atoms with van der Waals surface area (Å²) in [6.45, 7) is 3.41. The third-order valence-corrected chi connectivity index (χ3v) is 4.02. The van der Waals surface area contributed by atoms with Crippen molar-refractivity contribution in [2.45, 2.75) is 38.7 Å². The van der Waals surface area contributed by atoms with Crippen molar-refractivity contribution in [3.8, 4) is 5.75 Å². The molecule has 5 heteroatoms. The Labute approximate surface area is 111 Å². The van der Waals surface area contributed by atoms with Crippen LogP contribution in [-0.2, 0) is 11.2 Å². The summed E-state index contributed by atoms with van der Waals surface area (Å²) in [5, 5.41) is 9.18. The van der Waals surface area contributed by atoms with Gasteiger partial charge in [-0.15, -0.1) is 11.3 Å². The number of aromatic carboxylic acids is 1. The highest BCUT2D eigenvalue weighted by atomic mass is 32.1. The zero-order valence-corrected chi connectivity index (χ0v) is 11.3. The van der Waals surface area contributed by atoms with Crippen LogP contribution in [0.1, 0.15) is 40.7 Å². The van der Waals surface area contributed by atoms with Crippen LogP contribution in [0.3, 0.4) is 0 Å². The first-order valence-corrected chi connectivity index (χ1v) is 7.12. The van der Waals surface area contributed by atoms with Gasteiger partial charge in [-0.25, -0.2) is 4.79 Å². The molecule has 4 nitrogen and oxygen atoms in total. The maximum Gasteiger partial charge on any atom is 0.349 e. The Morgan fingerprint density at radius 3 is 3.11 bits per heavy atom. The van der Waals surface area contributed by atoms with Crippen molar-refractivity contribution in [2.24, 2.45) is 0 Å². The van der Waals surface area contributed by atoms with Crippen molar-refractivity contribution in [3.05, 3.63) is 15.8 Å². The molecule has 1 aromatic heterocycles. The Morgan fingerprint density at radius 2 is 2.50 bits per heavy atom. The van der Waals surface area contributed by atoms with E-state index in [4.69, 9.17) is 9.47 Å². The smallest absolute Gasteiger partial charge is 0.349 e. The zero-order chi connectivity index (χ0) is 13.0. The molecule has 18 heavy (non-hydrogen) atoms. The van der Waals surface area contributed by atoms with Crippen LogP contribution in [0.5, 0.6) is 5.75 Å². The fourth-order valence-corrected chi connectivity index (χ4v) is 3.04. The third-order valence-electron chi connectivity index (χ3n) is 2.85. The van der Waals surface area contributed by atoms with Gasteiger partial charge in [0.15, 0.2) is 4.88 Å². The van der Waals surface area contributed by atoms with E-state index in [2.05, 4.69) is 6.92 Å². The second-order valence-electron chi connectivity index (χ2n) is 4.42. The third kappa shape index (κ3) is 3.23. The van der Waals surface area contributed by atoms with Crippen LogP contribution in [0, 0.1) is 0 Å². The van der Waals surface area contributed by atoms with E-state index in [0.29, 0.717) is 17.2 Å². The summed E-state index contributed by atoms with van der Waals surface area (Å²) >= 11 is 1.32. The molecule has 0 amide bonds. The number of thiophene rings is 1. The molecule has 0 radical (unpaired) electrons. The summed E-state index contributed by atoms with van der Waals surface area (Å²) < 4.78 is 11.1. The van der Waals surface area contributed by atoms with Crippen LogP contribution >= 0.6 is 11.3 Å². The molecule has 100 valence electrons. The molecule has 1 aliphatic rings. The Balaban J connectivity index is 2.11. The predicted molar refractivity (Wildman–Crippen MR) is 69.7 cm³/mol. The molecule has 1 unspecified atom stereocenters. The fourth-order valence-electron chi connectivity index (χ4n) is 2.01. The lowest BCUT2D eigenvalue weighted by Gasteiger charge is -2.22. The highest BCUT2D eigenvalue weighted by Gasteiger charge is 2.21. The van der Waals surface area contributed by atoms with Gasteiger partial charge in [-0.3, -0.25) is 0 Å². The van der Waals surface area contributed by atoms with Gasteiger partial charge in [0, 0.05) is 11.5 Å². The molecule has 1 saturated heterocycles. The number of rotatable bonds is 5. The van der Waals surface area contributed by atoms with Gasteiger partial charge in [-0.1, -0.05) is 13.3 Å². The maximum atomic E-state index is 11.2. The molecule has 0 aromatic carbocycles. The van der Waals surface area contributed by atoms with Crippen LogP contribution in [0.15, 0.2) is 6.07 Å². The monoisotopic (exact) mass is 270 g/mol. The van der Waals surface area contributed by atoms with Gasteiger partial charge >= 0.3 is 5.97 Å². The minimum Gasteiger partial charge on any atom is -0.486 e. The molecular weight excluding hydrogens is 252 g/mol. The molecule has 2 heterocycles. The largest absolute Gasteiger partial charge is 0.486 e. The van der Waals surface area contributed by atoms with E-state index < -0.39 is 5.97 Å². The molecule has 2 rings (SSSR count). The van der Waals surface area contributed by atoms with E-state index in [0.717, 1.165) is 37.2 Å². The summed E-state index contributed by atoms with van der Waals surface area (Å²) in [4.78, 5) is 12.6. The van der Waals surface area contributed by atoms with E-state index in [9.17, 15) is 9.90 Å². The van der Waals surface area contributed by atoms with Crippen LogP contribution in [-0.4, -0.2) is 30.4 Å². The average Bonchev–Trinajstić information content (AvgIpc) is 2.74. The Bertz CT molecular complexity index is 407.